The van der Waals surface area contributed by atoms with Crippen LogP contribution in [0, 0.1) is 0 Å². The van der Waals surface area contributed by atoms with Gasteiger partial charge in [-0.3, -0.25) is 0 Å². The second-order valence-corrected chi connectivity index (χ2v) is 5.58. The lowest BCUT2D eigenvalue weighted by Gasteiger charge is -2.07. The van der Waals surface area contributed by atoms with E-state index in [0.717, 1.165) is 11.1 Å². The van der Waals surface area contributed by atoms with Crippen LogP contribution in [0.5, 0.6) is 0 Å². The molecular weight excluding hydrogens is 262 g/mol. The van der Waals surface area contributed by atoms with Crippen molar-refractivity contribution < 1.29 is 9.90 Å². The summed E-state index contributed by atoms with van der Waals surface area (Å²) in [5, 5.41) is 10.3. The summed E-state index contributed by atoms with van der Waals surface area (Å²) >= 11 is 0. The van der Waals surface area contributed by atoms with Crippen LogP contribution in [0.2, 0.25) is 0 Å². The number of aromatic carboxylic acids is 1. The zero-order valence-corrected chi connectivity index (χ0v) is 11.5. The first kappa shape index (κ1) is 12.2. The molecule has 0 radical (unpaired) electrons. The van der Waals surface area contributed by atoms with Crippen LogP contribution in [-0.4, -0.2) is 15.6 Å². The van der Waals surface area contributed by atoms with E-state index < -0.39 is 5.97 Å². The highest BCUT2D eigenvalue weighted by Crippen LogP contribution is 2.39. The first-order valence-corrected chi connectivity index (χ1v) is 7.17. The number of aromatic nitrogens is 1. The average Bonchev–Trinajstić information content (AvgIpc) is 3.26. The highest BCUT2D eigenvalue weighted by molar-refractivity contribution is 5.97. The molecule has 1 aromatic heterocycles. The van der Waals surface area contributed by atoms with Gasteiger partial charge in [0.25, 0.3) is 0 Å². The Balaban J connectivity index is 1.90. The minimum absolute atomic E-state index is 0.325. The van der Waals surface area contributed by atoms with Gasteiger partial charge in [0.15, 0.2) is 0 Å². The summed E-state index contributed by atoms with van der Waals surface area (Å²) in [4.78, 5) is 11.1. The predicted octanol–water partition coefficient (Wildman–Crippen LogP) is 4.34. The average molecular weight is 277 g/mol. The third kappa shape index (κ3) is 2.02. The molecule has 3 nitrogen and oxygen atoms in total. The third-order valence-electron chi connectivity index (χ3n) is 4.12. The summed E-state index contributed by atoms with van der Waals surface area (Å²) in [7, 11) is 0. The van der Waals surface area contributed by atoms with Crippen molar-refractivity contribution in [2.24, 2.45) is 0 Å². The Morgan fingerprint density at radius 3 is 2.67 bits per heavy atom. The molecule has 1 saturated carbocycles. The number of hydrogen-bond acceptors (Lipinski definition) is 1. The fourth-order valence-corrected chi connectivity index (χ4v) is 2.93. The van der Waals surface area contributed by atoms with Crippen LogP contribution in [0.4, 0.5) is 0 Å². The van der Waals surface area contributed by atoms with E-state index in [9.17, 15) is 4.79 Å². The third-order valence-corrected chi connectivity index (χ3v) is 4.12. The molecule has 21 heavy (non-hydrogen) atoms. The first-order chi connectivity index (χ1) is 10.2. The summed E-state index contributed by atoms with van der Waals surface area (Å²) in [6.45, 7) is 0. The molecule has 0 bridgehead atoms. The highest BCUT2D eigenvalue weighted by Gasteiger charge is 2.24. The number of carbonyl (C=O) groups is 1. The summed E-state index contributed by atoms with van der Waals surface area (Å²) < 4.78 is 2.33. The molecule has 3 heteroatoms. The fourth-order valence-electron chi connectivity index (χ4n) is 2.93. The maximum atomic E-state index is 11.1. The van der Waals surface area contributed by atoms with Crippen molar-refractivity contribution in [2.75, 3.05) is 0 Å². The lowest BCUT2D eigenvalue weighted by Crippen LogP contribution is -1.96. The van der Waals surface area contributed by atoms with Gasteiger partial charge < -0.3 is 9.67 Å². The van der Waals surface area contributed by atoms with Crippen molar-refractivity contribution in [1.29, 1.82) is 0 Å². The van der Waals surface area contributed by atoms with Crippen molar-refractivity contribution in [3.63, 3.8) is 0 Å². The lowest BCUT2D eigenvalue weighted by atomic mass is 10.00. The Morgan fingerprint density at radius 2 is 1.90 bits per heavy atom. The van der Waals surface area contributed by atoms with Crippen LogP contribution in [0.25, 0.3) is 22.0 Å². The van der Waals surface area contributed by atoms with Crippen molar-refractivity contribution >= 4 is 16.9 Å². The Kier molecular flexibility index (Phi) is 2.61. The Morgan fingerprint density at radius 1 is 1.10 bits per heavy atom. The molecule has 1 fully saturated rings. The summed E-state index contributed by atoms with van der Waals surface area (Å²) in [6.07, 6.45) is 4.65. The number of nitrogens with zero attached hydrogens (tertiary/aromatic N) is 1. The molecule has 1 N–H and O–H groups in total. The lowest BCUT2D eigenvalue weighted by molar-refractivity contribution is 0.0697. The van der Waals surface area contributed by atoms with Crippen LogP contribution < -0.4 is 0 Å². The first-order valence-electron chi connectivity index (χ1n) is 7.17. The molecule has 3 aromatic rings. The summed E-state index contributed by atoms with van der Waals surface area (Å²) in [6, 6.07) is 16.2. The van der Waals surface area contributed by atoms with Gasteiger partial charge in [-0.25, -0.2) is 4.79 Å². The van der Waals surface area contributed by atoms with E-state index in [4.69, 9.17) is 5.11 Å². The molecule has 0 atom stereocenters. The van der Waals surface area contributed by atoms with E-state index in [1.54, 1.807) is 18.2 Å². The smallest absolute Gasteiger partial charge is 0.335 e. The molecule has 0 aliphatic heterocycles. The zero-order valence-electron chi connectivity index (χ0n) is 11.5. The second-order valence-electron chi connectivity index (χ2n) is 5.58. The predicted molar refractivity (Wildman–Crippen MR) is 82.6 cm³/mol. The van der Waals surface area contributed by atoms with E-state index in [1.165, 1.54) is 23.7 Å². The van der Waals surface area contributed by atoms with Crippen molar-refractivity contribution in [2.45, 2.75) is 18.9 Å². The SMILES string of the molecule is O=C(O)c1cccc(-c2cccc3c2ccn3C2CC2)c1. The van der Waals surface area contributed by atoms with Crippen LogP contribution >= 0.6 is 0 Å². The molecule has 4 rings (SSSR count). The van der Waals surface area contributed by atoms with E-state index >= 15 is 0 Å². The van der Waals surface area contributed by atoms with Gasteiger partial charge in [-0.15, -0.1) is 0 Å². The minimum atomic E-state index is -0.889. The normalized spacial score (nSPS) is 14.5. The van der Waals surface area contributed by atoms with E-state index in [0.29, 0.717) is 11.6 Å². The molecule has 1 aliphatic rings. The number of fused-ring (bicyclic) bond motifs is 1. The Bertz CT molecular complexity index is 843. The van der Waals surface area contributed by atoms with E-state index in [2.05, 4.69) is 29.0 Å². The topological polar surface area (TPSA) is 42.2 Å². The molecule has 1 aliphatic carbocycles. The van der Waals surface area contributed by atoms with Crippen molar-refractivity contribution in [3.05, 3.63) is 60.3 Å². The van der Waals surface area contributed by atoms with Crippen LogP contribution in [0.3, 0.4) is 0 Å². The Labute approximate surface area is 122 Å². The fraction of sp³-hybridized carbons (Fsp3) is 0.167. The van der Waals surface area contributed by atoms with E-state index in [-0.39, 0.29) is 0 Å². The molecule has 0 spiro atoms. The standard InChI is InChI=1S/C18H15NO2/c20-18(21)13-4-1-3-12(11-13)15-5-2-6-17-16(15)9-10-19(17)14-7-8-14/h1-6,9-11,14H,7-8H2,(H,20,21). The van der Waals surface area contributed by atoms with Gasteiger partial charge in [-0.2, -0.15) is 0 Å². The van der Waals surface area contributed by atoms with Gasteiger partial charge in [-0.05, 0) is 48.2 Å². The monoisotopic (exact) mass is 277 g/mol. The number of hydrogen-bond donors (Lipinski definition) is 1. The van der Waals surface area contributed by atoms with Crippen LogP contribution in [0.1, 0.15) is 29.2 Å². The second kappa shape index (κ2) is 4.48. The van der Waals surface area contributed by atoms with Crippen LogP contribution in [0.15, 0.2) is 54.7 Å². The largest absolute Gasteiger partial charge is 0.478 e. The van der Waals surface area contributed by atoms with Crippen molar-refractivity contribution in [3.8, 4) is 11.1 Å². The molecule has 0 unspecified atom stereocenters. The zero-order chi connectivity index (χ0) is 14.4. The summed E-state index contributed by atoms with van der Waals surface area (Å²) in [5.41, 5.74) is 3.60. The molecule has 1 heterocycles. The van der Waals surface area contributed by atoms with Gasteiger partial charge in [0.1, 0.15) is 0 Å². The number of carboxylic acids is 1. The molecular formula is C18H15NO2. The van der Waals surface area contributed by atoms with Gasteiger partial charge in [-0.1, -0.05) is 24.3 Å². The number of carboxylic acid groups (broad SMARTS) is 1. The number of benzene rings is 2. The maximum Gasteiger partial charge on any atom is 0.335 e. The molecule has 2 aromatic carbocycles. The van der Waals surface area contributed by atoms with Crippen molar-refractivity contribution in [1.82, 2.24) is 4.57 Å². The van der Waals surface area contributed by atoms with Gasteiger partial charge >= 0.3 is 5.97 Å². The minimum Gasteiger partial charge on any atom is -0.478 e. The van der Waals surface area contributed by atoms with Gasteiger partial charge in [0.2, 0.25) is 0 Å². The molecule has 104 valence electrons. The van der Waals surface area contributed by atoms with Gasteiger partial charge in [0.05, 0.1) is 5.56 Å². The summed E-state index contributed by atoms with van der Waals surface area (Å²) in [5.74, 6) is -0.889. The quantitative estimate of drug-likeness (QED) is 0.773. The number of rotatable bonds is 3. The molecule has 0 saturated heterocycles. The van der Waals surface area contributed by atoms with Crippen LogP contribution in [-0.2, 0) is 0 Å². The van der Waals surface area contributed by atoms with E-state index in [1.807, 2.05) is 12.1 Å². The highest BCUT2D eigenvalue weighted by atomic mass is 16.4. The molecule has 0 amide bonds. The van der Waals surface area contributed by atoms with Gasteiger partial charge in [0, 0.05) is 23.1 Å². The Hall–Kier alpha value is -2.55. The maximum absolute atomic E-state index is 11.1.